The number of benzene rings is 2. The van der Waals surface area contributed by atoms with E-state index in [1.807, 2.05) is 19.1 Å². The predicted molar refractivity (Wildman–Crippen MR) is 167 cm³/mol. The van der Waals surface area contributed by atoms with E-state index in [9.17, 15) is 9.90 Å². The van der Waals surface area contributed by atoms with Gasteiger partial charge in [-0.1, -0.05) is 37.3 Å². The van der Waals surface area contributed by atoms with E-state index in [0.29, 0.717) is 23.9 Å². The van der Waals surface area contributed by atoms with E-state index in [1.165, 1.54) is 13.3 Å². The van der Waals surface area contributed by atoms with Gasteiger partial charge in [0.1, 0.15) is 17.7 Å². The number of halogens is 1. The van der Waals surface area contributed by atoms with E-state index >= 15 is 4.39 Å². The van der Waals surface area contributed by atoms with Crippen molar-refractivity contribution in [3.63, 3.8) is 0 Å². The standard InChI is InChI=1S/C36H45FN2O4/c1-21(2)39(36(4,5)6)20-27-16-25(12-14-28(27)29-18-33(42-7)38-19-30(29)37)31-15-13-23-8-11-26(17-32(23)43-31)34(24-9-10-24)22(3)35(40)41/h8,11-12,14,16-19,21-22,24,31,34H,9-10,13,15,20H2,1-7H3,(H,40,41)/t22-,31-,34?/m0/s1. The van der Waals surface area contributed by atoms with Crippen LogP contribution in [0.5, 0.6) is 11.6 Å². The molecule has 230 valence electrons. The number of aromatic nitrogens is 1. The van der Waals surface area contributed by atoms with Crippen molar-refractivity contribution < 1.29 is 23.8 Å². The molecule has 1 unspecified atom stereocenters. The maximum atomic E-state index is 15.2. The molecule has 0 amide bonds. The van der Waals surface area contributed by atoms with E-state index in [-0.39, 0.29) is 23.6 Å². The fourth-order valence-corrected chi connectivity index (χ4v) is 6.73. The lowest BCUT2D eigenvalue weighted by molar-refractivity contribution is -0.142. The molecular weight excluding hydrogens is 543 g/mol. The number of hydrogen-bond acceptors (Lipinski definition) is 5. The highest BCUT2D eigenvalue weighted by molar-refractivity contribution is 5.71. The summed E-state index contributed by atoms with van der Waals surface area (Å²) in [4.78, 5) is 18.4. The highest BCUT2D eigenvalue weighted by atomic mass is 19.1. The summed E-state index contributed by atoms with van der Waals surface area (Å²) < 4.78 is 27.2. The molecule has 1 aliphatic heterocycles. The van der Waals surface area contributed by atoms with Crippen LogP contribution in [0.1, 0.15) is 95.1 Å². The van der Waals surface area contributed by atoms with Crippen LogP contribution >= 0.6 is 0 Å². The van der Waals surface area contributed by atoms with Crippen LogP contribution in [0.4, 0.5) is 4.39 Å². The van der Waals surface area contributed by atoms with Crippen LogP contribution in [0.2, 0.25) is 0 Å². The molecule has 1 N–H and O–H groups in total. The molecule has 1 saturated carbocycles. The van der Waals surface area contributed by atoms with Crippen LogP contribution < -0.4 is 9.47 Å². The molecule has 1 fully saturated rings. The van der Waals surface area contributed by atoms with Gasteiger partial charge in [-0.05, 0) is 106 Å². The van der Waals surface area contributed by atoms with Gasteiger partial charge in [0.25, 0.3) is 0 Å². The van der Waals surface area contributed by atoms with Crippen molar-refractivity contribution in [2.24, 2.45) is 11.8 Å². The molecule has 2 aliphatic rings. The summed E-state index contributed by atoms with van der Waals surface area (Å²) in [5.41, 5.74) is 5.44. The zero-order valence-corrected chi connectivity index (χ0v) is 26.5. The molecular formula is C36H45FN2O4. The number of carbonyl (C=O) groups is 1. The molecule has 0 saturated heterocycles. The van der Waals surface area contributed by atoms with Gasteiger partial charge >= 0.3 is 5.97 Å². The van der Waals surface area contributed by atoms with Crippen LogP contribution in [-0.4, -0.2) is 39.7 Å². The molecule has 43 heavy (non-hydrogen) atoms. The smallest absolute Gasteiger partial charge is 0.306 e. The third-order valence-corrected chi connectivity index (χ3v) is 9.14. The van der Waals surface area contributed by atoms with E-state index in [2.05, 4.69) is 68.8 Å². The van der Waals surface area contributed by atoms with Crippen molar-refractivity contribution >= 4 is 5.97 Å². The van der Waals surface area contributed by atoms with Gasteiger partial charge in [-0.3, -0.25) is 9.69 Å². The van der Waals surface area contributed by atoms with Crippen LogP contribution in [-0.2, 0) is 17.8 Å². The van der Waals surface area contributed by atoms with E-state index in [1.54, 1.807) is 6.07 Å². The quantitative estimate of drug-likeness (QED) is 0.258. The normalized spacial score (nSPS) is 18.2. The van der Waals surface area contributed by atoms with Gasteiger partial charge in [-0.2, -0.15) is 0 Å². The van der Waals surface area contributed by atoms with Gasteiger partial charge in [-0.25, -0.2) is 9.37 Å². The van der Waals surface area contributed by atoms with Crippen molar-refractivity contribution in [3.05, 3.63) is 76.7 Å². The zero-order chi connectivity index (χ0) is 31.1. The minimum absolute atomic E-state index is 0.00988. The summed E-state index contributed by atoms with van der Waals surface area (Å²) in [6.45, 7) is 13.4. The summed E-state index contributed by atoms with van der Waals surface area (Å²) in [6, 6.07) is 14.4. The molecule has 0 radical (unpaired) electrons. The molecule has 6 nitrogen and oxygen atoms in total. The van der Waals surface area contributed by atoms with Crippen molar-refractivity contribution in [3.8, 4) is 22.8 Å². The summed E-state index contributed by atoms with van der Waals surface area (Å²) in [5.74, 6) is 0.0208. The number of hydrogen-bond donors (Lipinski definition) is 1. The molecule has 7 heteroatoms. The maximum Gasteiger partial charge on any atom is 0.306 e. The van der Waals surface area contributed by atoms with Crippen molar-refractivity contribution in [2.45, 2.75) is 97.4 Å². The molecule has 2 aromatic carbocycles. The number of ether oxygens (including phenoxy) is 2. The molecule has 0 spiro atoms. The summed E-state index contributed by atoms with van der Waals surface area (Å²) in [7, 11) is 1.53. The van der Waals surface area contributed by atoms with Gasteiger partial charge in [0.15, 0.2) is 0 Å². The fraction of sp³-hybridized carbons (Fsp3) is 0.500. The first-order valence-corrected chi connectivity index (χ1v) is 15.5. The Bertz CT molecular complexity index is 1480. The Hall–Kier alpha value is -3.45. The van der Waals surface area contributed by atoms with E-state index in [0.717, 1.165) is 59.3 Å². The molecule has 5 rings (SSSR count). The van der Waals surface area contributed by atoms with Crippen LogP contribution in [0.3, 0.4) is 0 Å². The Kier molecular flexibility index (Phi) is 8.85. The molecule has 3 atom stereocenters. The Balaban J connectivity index is 1.51. The highest BCUT2D eigenvalue weighted by Gasteiger charge is 2.39. The lowest BCUT2D eigenvalue weighted by Crippen LogP contribution is -2.45. The van der Waals surface area contributed by atoms with E-state index < -0.39 is 17.7 Å². The first kappa shape index (κ1) is 31.0. The average molecular weight is 589 g/mol. The number of aryl methyl sites for hydroxylation is 1. The zero-order valence-electron chi connectivity index (χ0n) is 26.5. The number of methoxy groups -OCH3 is 1. The number of aliphatic carboxylic acids is 1. The SMILES string of the molecule is COc1cc(-c2ccc([C@@H]3CCc4ccc(C(C5CC5)[C@H](C)C(=O)O)cc4O3)cc2CN(C(C)C)C(C)(C)C)c(F)cn1. The van der Waals surface area contributed by atoms with Crippen molar-refractivity contribution in [1.29, 1.82) is 0 Å². The monoisotopic (exact) mass is 588 g/mol. The number of nitrogens with zero attached hydrogens (tertiary/aromatic N) is 2. The summed E-state index contributed by atoms with van der Waals surface area (Å²) in [5, 5.41) is 9.77. The lowest BCUT2D eigenvalue weighted by atomic mass is 9.82. The highest BCUT2D eigenvalue weighted by Crippen LogP contribution is 2.48. The van der Waals surface area contributed by atoms with Gasteiger partial charge in [0.05, 0.1) is 19.2 Å². The van der Waals surface area contributed by atoms with Gasteiger partial charge in [0, 0.05) is 29.8 Å². The maximum absolute atomic E-state index is 15.2. The fourth-order valence-electron chi connectivity index (χ4n) is 6.73. The molecule has 1 aromatic heterocycles. The molecule has 3 aromatic rings. The third kappa shape index (κ3) is 6.72. The first-order chi connectivity index (χ1) is 20.4. The average Bonchev–Trinajstić information content (AvgIpc) is 3.80. The molecule has 1 aliphatic carbocycles. The number of pyridine rings is 1. The number of rotatable bonds is 10. The lowest BCUT2D eigenvalue weighted by Gasteiger charge is -2.39. The first-order valence-electron chi connectivity index (χ1n) is 15.5. The number of carboxylic acids is 1. The Morgan fingerprint density at radius 1 is 1.09 bits per heavy atom. The second-order valence-corrected chi connectivity index (χ2v) is 13.5. The second kappa shape index (κ2) is 12.3. The Morgan fingerprint density at radius 2 is 1.84 bits per heavy atom. The third-order valence-electron chi connectivity index (χ3n) is 9.14. The number of carboxylic acid groups (broad SMARTS) is 1. The topological polar surface area (TPSA) is 71.9 Å². The number of fused-ring (bicyclic) bond motifs is 1. The minimum atomic E-state index is -0.755. The predicted octanol–water partition coefficient (Wildman–Crippen LogP) is 8.19. The van der Waals surface area contributed by atoms with Gasteiger partial charge in [-0.15, -0.1) is 0 Å². The van der Waals surface area contributed by atoms with Crippen LogP contribution in [0.25, 0.3) is 11.1 Å². The van der Waals surface area contributed by atoms with Crippen molar-refractivity contribution in [1.82, 2.24) is 9.88 Å². The Labute approximate surface area is 255 Å². The van der Waals surface area contributed by atoms with Crippen LogP contribution in [0, 0.1) is 17.7 Å². The van der Waals surface area contributed by atoms with Crippen molar-refractivity contribution in [2.75, 3.05) is 7.11 Å². The van der Waals surface area contributed by atoms with Gasteiger partial charge < -0.3 is 14.6 Å². The molecule has 0 bridgehead atoms. The summed E-state index contributed by atoms with van der Waals surface area (Å²) >= 11 is 0. The second-order valence-electron chi connectivity index (χ2n) is 13.5. The summed E-state index contributed by atoms with van der Waals surface area (Å²) in [6.07, 6.45) is 4.90. The molecule has 2 heterocycles. The van der Waals surface area contributed by atoms with Crippen LogP contribution in [0.15, 0.2) is 48.7 Å². The van der Waals surface area contributed by atoms with Gasteiger partial charge in [0.2, 0.25) is 5.88 Å². The van der Waals surface area contributed by atoms with E-state index in [4.69, 9.17) is 9.47 Å². The Morgan fingerprint density at radius 3 is 2.47 bits per heavy atom. The largest absolute Gasteiger partial charge is 0.485 e. The minimum Gasteiger partial charge on any atom is -0.485 e.